The minimum Gasteiger partial charge on any atom is -0.298 e. The smallest absolute Gasteiger partial charge is 0.239 e. The first-order valence-corrected chi connectivity index (χ1v) is 12.2. The third-order valence-corrected chi connectivity index (χ3v) is 8.59. The van der Waals surface area contributed by atoms with Crippen molar-refractivity contribution < 1.29 is 14.4 Å². The van der Waals surface area contributed by atoms with E-state index in [2.05, 4.69) is 0 Å². The monoisotopic (exact) mass is 461 g/mol. The fourth-order valence-electron chi connectivity index (χ4n) is 7.18. The lowest BCUT2D eigenvalue weighted by Gasteiger charge is -2.37. The van der Waals surface area contributed by atoms with Gasteiger partial charge in [-0.3, -0.25) is 14.4 Å². The molecule has 4 atom stereocenters. The quantitative estimate of drug-likeness (QED) is 0.468. The van der Waals surface area contributed by atoms with E-state index < -0.39 is 22.7 Å². The Bertz CT molecular complexity index is 1420. The van der Waals surface area contributed by atoms with E-state index >= 15 is 0 Å². The molecular weight excluding hydrogens is 434 g/mol. The molecule has 3 aromatic carbocycles. The number of fused-ring (bicyclic) bond motifs is 5. The molecule has 174 valence electrons. The van der Waals surface area contributed by atoms with Crippen molar-refractivity contribution in [1.82, 2.24) is 0 Å². The number of amides is 2. The Labute approximate surface area is 205 Å². The van der Waals surface area contributed by atoms with Crippen LogP contribution in [0.15, 0.2) is 84.9 Å². The Morgan fingerprint density at radius 3 is 1.80 bits per heavy atom. The summed E-state index contributed by atoms with van der Waals surface area (Å²) in [5.74, 6) is -1.94. The summed E-state index contributed by atoms with van der Waals surface area (Å²) in [6.07, 6.45) is 0.462. The molecule has 0 aromatic heterocycles. The van der Waals surface area contributed by atoms with Gasteiger partial charge >= 0.3 is 0 Å². The van der Waals surface area contributed by atoms with Gasteiger partial charge in [-0.2, -0.15) is 0 Å². The third kappa shape index (κ3) is 2.49. The Kier molecular flexibility index (Phi) is 4.56. The molecule has 2 aliphatic carbocycles. The fourth-order valence-corrected chi connectivity index (χ4v) is 7.18. The molecule has 1 aliphatic heterocycles. The Balaban J connectivity index is 1.66. The summed E-state index contributed by atoms with van der Waals surface area (Å²) >= 11 is 0. The van der Waals surface area contributed by atoms with Crippen LogP contribution in [0.5, 0.6) is 0 Å². The highest BCUT2D eigenvalue weighted by Crippen LogP contribution is 2.74. The van der Waals surface area contributed by atoms with Gasteiger partial charge in [-0.25, -0.2) is 4.90 Å². The number of ketones is 1. The first-order valence-electron chi connectivity index (χ1n) is 12.2. The van der Waals surface area contributed by atoms with E-state index in [4.69, 9.17) is 0 Å². The summed E-state index contributed by atoms with van der Waals surface area (Å²) in [4.78, 5) is 44.1. The summed E-state index contributed by atoms with van der Waals surface area (Å²) in [7, 11) is 0. The molecule has 1 saturated heterocycles. The molecule has 1 heterocycles. The number of imide groups is 1. The summed E-state index contributed by atoms with van der Waals surface area (Å²) in [5, 5.41) is 0. The second-order valence-electron chi connectivity index (χ2n) is 10.1. The molecule has 0 unspecified atom stereocenters. The molecule has 2 amide bonds. The van der Waals surface area contributed by atoms with Crippen molar-refractivity contribution in [3.63, 3.8) is 0 Å². The number of rotatable bonds is 4. The summed E-state index contributed by atoms with van der Waals surface area (Å²) in [6.45, 7) is 5.78. The maximum atomic E-state index is 14.5. The number of hydrogen-bond acceptors (Lipinski definition) is 3. The van der Waals surface area contributed by atoms with Crippen LogP contribution in [0, 0.1) is 29.6 Å². The maximum absolute atomic E-state index is 14.5. The normalized spacial score (nSPS) is 29.3. The van der Waals surface area contributed by atoms with E-state index in [-0.39, 0.29) is 17.6 Å². The summed E-state index contributed by atoms with van der Waals surface area (Å²) in [5.41, 5.74) is 3.03. The molecule has 6 rings (SSSR count). The SMILES string of the molecule is CC[C@@]12C(=O)[C@@](C)(C(c3ccccc3)=C1c1ccccc1)[C@H]1C(=O)N(c3ccccc3C)C(=O)[C@@H]12. The fraction of sp³-hybridized carbons (Fsp3) is 0.258. The number of allylic oxidation sites excluding steroid dienone is 2. The predicted octanol–water partition coefficient (Wildman–Crippen LogP) is 5.71. The molecule has 35 heavy (non-hydrogen) atoms. The number of para-hydroxylation sites is 1. The Morgan fingerprint density at radius 1 is 0.714 bits per heavy atom. The van der Waals surface area contributed by atoms with Gasteiger partial charge in [-0.15, -0.1) is 0 Å². The zero-order chi connectivity index (χ0) is 24.5. The largest absolute Gasteiger partial charge is 0.298 e. The van der Waals surface area contributed by atoms with Crippen LogP contribution in [0.3, 0.4) is 0 Å². The van der Waals surface area contributed by atoms with E-state index in [9.17, 15) is 14.4 Å². The van der Waals surface area contributed by atoms with Crippen LogP contribution < -0.4 is 4.90 Å². The van der Waals surface area contributed by atoms with Gasteiger partial charge in [-0.05, 0) is 54.2 Å². The second kappa shape index (κ2) is 7.35. The molecule has 3 aromatic rings. The topological polar surface area (TPSA) is 54.5 Å². The number of nitrogens with zero attached hydrogens (tertiary/aromatic N) is 1. The van der Waals surface area contributed by atoms with Crippen LogP contribution in [0.1, 0.15) is 37.0 Å². The van der Waals surface area contributed by atoms with Crippen molar-refractivity contribution in [1.29, 1.82) is 0 Å². The molecule has 2 fully saturated rings. The van der Waals surface area contributed by atoms with E-state index in [1.807, 2.05) is 106 Å². The van der Waals surface area contributed by atoms with Gasteiger partial charge in [-0.1, -0.05) is 85.8 Å². The van der Waals surface area contributed by atoms with Gasteiger partial charge in [0.25, 0.3) is 0 Å². The van der Waals surface area contributed by atoms with Gasteiger partial charge in [0, 0.05) is 0 Å². The standard InChI is InChI=1S/C31H27NO3/c1-4-31-24(21-16-9-6-10-17-21)23(20-14-7-5-8-15-20)30(3,29(31)35)25-26(31)28(34)32(27(25)33)22-18-12-11-13-19(22)2/h5-18,25-26H,4H2,1-3H3/t25-,26-,30+,31-/m1/s1. The van der Waals surface area contributed by atoms with E-state index in [1.54, 1.807) is 0 Å². The lowest BCUT2D eigenvalue weighted by molar-refractivity contribution is -0.134. The molecule has 0 spiro atoms. The number of carbonyl (C=O) groups is 3. The van der Waals surface area contributed by atoms with Crippen molar-refractivity contribution >= 4 is 34.4 Å². The average Bonchev–Trinajstić information content (AvgIpc) is 3.35. The highest BCUT2D eigenvalue weighted by atomic mass is 16.2. The van der Waals surface area contributed by atoms with Crippen molar-refractivity contribution in [3.8, 4) is 0 Å². The van der Waals surface area contributed by atoms with Gasteiger partial charge in [0.05, 0.1) is 28.4 Å². The first-order chi connectivity index (χ1) is 16.9. The van der Waals surface area contributed by atoms with Crippen LogP contribution in [-0.2, 0) is 14.4 Å². The number of carbonyl (C=O) groups excluding carboxylic acids is 3. The third-order valence-electron chi connectivity index (χ3n) is 8.59. The summed E-state index contributed by atoms with van der Waals surface area (Å²) < 4.78 is 0. The van der Waals surface area contributed by atoms with Crippen molar-refractivity contribution in [2.45, 2.75) is 27.2 Å². The Hall–Kier alpha value is -3.79. The van der Waals surface area contributed by atoms with Crippen LogP contribution in [0.4, 0.5) is 5.69 Å². The zero-order valence-electron chi connectivity index (χ0n) is 20.1. The number of Topliss-reactive ketones (excluding diaryl/α,β-unsaturated/α-hetero) is 1. The first kappa shape index (κ1) is 21.7. The molecule has 2 bridgehead atoms. The number of hydrogen-bond donors (Lipinski definition) is 0. The van der Waals surface area contributed by atoms with Crippen molar-refractivity contribution in [3.05, 3.63) is 102 Å². The minimum atomic E-state index is -1.09. The van der Waals surface area contributed by atoms with Gasteiger partial charge < -0.3 is 0 Å². The van der Waals surface area contributed by atoms with Gasteiger partial charge in [0.2, 0.25) is 11.8 Å². The number of benzene rings is 3. The molecule has 3 aliphatic rings. The van der Waals surface area contributed by atoms with Crippen molar-refractivity contribution in [2.24, 2.45) is 22.7 Å². The van der Waals surface area contributed by atoms with Crippen LogP contribution in [-0.4, -0.2) is 17.6 Å². The van der Waals surface area contributed by atoms with Gasteiger partial charge in [0.1, 0.15) is 0 Å². The highest BCUT2D eigenvalue weighted by molar-refractivity contribution is 6.34. The van der Waals surface area contributed by atoms with Crippen LogP contribution in [0.25, 0.3) is 11.1 Å². The van der Waals surface area contributed by atoms with E-state index in [1.165, 1.54) is 4.90 Å². The zero-order valence-corrected chi connectivity index (χ0v) is 20.1. The van der Waals surface area contributed by atoms with Gasteiger partial charge in [0.15, 0.2) is 5.78 Å². The molecule has 0 radical (unpaired) electrons. The lowest BCUT2D eigenvalue weighted by atomic mass is 9.62. The molecule has 1 saturated carbocycles. The minimum absolute atomic E-state index is 0.00587. The predicted molar refractivity (Wildman–Crippen MR) is 136 cm³/mol. The van der Waals surface area contributed by atoms with Crippen molar-refractivity contribution in [2.75, 3.05) is 4.90 Å². The maximum Gasteiger partial charge on any atom is 0.239 e. The highest BCUT2D eigenvalue weighted by Gasteiger charge is 2.79. The average molecular weight is 462 g/mol. The van der Waals surface area contributed by atoms with E-state index in [0.717, 1.165) is 27.8 Å². The van der Waals surface area contributed by atoms with Crippen LogP contribution >= 0.6 is 0 Å². The molecule has 4 heteroatoms. The molecule has 0 N–H and O–H groups in total. The second-order valence-corrected chi connectivity index (χ2v) is 10.1. The lowest BCUT2D eigenvalue weighted by Crippen LogP contribution is -2.41. The molecule has 4 nitrogen and oxygen atoms in total. The number of aryl methyl sites for hydroxylation is 1. The Morgan fingerprint density at radius 2 is 1.23 bits per heavy atom. The number of anilines is 1. The summed E-state index contributed by atoms with van der Waals surface area (Å²) in [6, 6.07) is 27.3. The van der Waals surface area contributed by atoms with E-state index in [0.29, 0.717) is 12.1 Å². The molecular formula is C31H27NO3. The van der Waals surface area contributed by atoms with Crippen LogP contribution in [0.2, 0.25) is 0 Å².